The van der Waals surface area contributed by atoms with Crippen molar-refractivity contribution in [3.63, 3.8) is 0 Å². The Balaban J connectivity index is 1.96. The summed E-state index contributed by atoms with van der Waals surface area (Å²) in [5.74, 6) is -3.28. The molecule has 0 bridgehead atoms. The van der Waals surface area contributed by atoms with E-state index in [1.165, 1.54) is 14.1 Å². The van der Waals surface area contributed by atoms with E-state index in [4.69, 9.17) is 0 Å². The molecule has 2 rings (SSSR count). The lowest BCUT2D eigenvalue weighted by atomic mass is 9.91. The van der Waals surface area contributed by atoms with Gasteiger partial charge in [-0.25, -0.2) is 10.0 Å². The number of hydrogen-bond acceptors (Lipinski definition) is 6. The fourth-order valence-corrected chi connectivity index (χ4v) is 2.69. The fourth-order valence-electron chi connectivity index (χ4n) is 2.69. The van der Waals surface area contributed by atoms with E-state index in [0.717, 1.165) is 10.0 Å². The number of rotatable bonds is 5. The Morgan fingerprint density at radius 3 is 1.41 bits per heavy atom. The topological polar surface area (TPSA) is 99.5 Å². The Morgan fingerprint density at radius 2 is 1.18 bits per heavy atom. The Hall–Kier alpha value is -2.38. The molecule has 0 aromatic heterocycles. The normalized spacial score (nSPS) is 24.7. The minimum atomic E-state index is -0.908. The Kier molecular flexibility index (Phi) is 4.20. The molecular formula is C14H18N4O4. The SMILES string of the molecule is CC1=NN(C)C(=O)C1C(=O)CCC(=O)C1C(=O)N(C)N=C1C. The van der Waals surface area contributed by atoms with E-state index in [1.54, 1.807) is 13.8 Å². The van der Waals surface area contributed by atoms with Crippen molar-refractivity contribution in [3.05, 3.63) is 0 Å². The third-order valence-electron chi connectivity index (χ3n) is 3.84. The zero-order valence-electron chi connectivity index (χ0n) is 13.0. The van der Waals surface area contributed by atoms with E-state index in [-0.39, 0.29) is 36.2 Å². The summed E-state index contributed by atoms with van der Waals surface area (Å²) in [6.45, 7) is 3.22. The van der Waals surface area contributed by atoms with Gasteiger partial charge in [0.05, 0.1) is 11.4 Å². The maximum Gasteiger partial charge on any atom is 0.258 e. The van der Waals surface area contributed by atoms with Gasteiger partial charge in [0, 0.05) is 26.9 Å². The van der Waals surface area contributed by atoms with Crippen LogP contribution in [0.3, 0.4) is 0 Å². The largest absolute Gasteiger partial charge is 0.298 e. The number of nitrogens with zero attached hydrogens (tertiary/aromatic N) is 4. The fraction of sp³-hybridized carbons (Fsp3) is 0.571. The van der Waals surface area contributed by atoms with Crippen molar-refractivity contribution >= 4 is 34.8 Å². The smallest absolute Gasteiger partial charge is 0.258 e. The molecule has 0 aromatic carbocycles. The number of hydrogen-bond donors (Lipinski definition) is 0. The van der Waals surface area contributed by atoms with Crippen LogP contribution in [0, 0.1) is 11.8 Å². The van der Waals surface area contributed by atoms with Gasteiger partial charge in [0.25, 0.3) is 11.8 Å². The molecule has 0 aliphatic carbocycles. The zero-order chi connectivity index (χ0) is 16.6. The van der Waals surface area contributed by atoms with Crippen LogP contribution >= 0.6 is 0 Å². The predicted octanol–water partition coefficient (Wildman–Crippen LogP) is -0.167. The molecule has 0 spiro atoms. The molecule has 8 nitrogen and oxygen atoms in total. The van der Waals surface area contributed by atoms with Crippen molar-refractivity contribution in [3.8, 4) is 0 Å². The molecule has 2 atom stereocenters. The van der Waals surface area contributed by atoms with E-state index >= 15 is 0 Å². The first-order valence-corrected chi connectivity index (χ1v) is 6.94. The van der Waals surface area contributed by atoms with Gasteiger partial charge in [-0.15, -0.1) is 0 Å². The zero-order valence-corrected chi connectivity index (χ0v) is 13.0. The van der Waals surface area contributed by atoms with Crippen molar-refractivity contribution in [2.24, 2.45) is 22.0 Å². The van der Waals surface area contributed by atoms with Crippen LogP contribution in [0.25, 0.3) is 0 Å². The second-order valence-electron chi connectivity index (χ2n) is 5.51. The standard InChI is InChI=1S/C14H18N4O4/c1-7-11(13(21)17(3)15-7)9(19)5-6-10(20)12-8(2)16-18(4)14(12)22/h11-12H,5-6H2,1-4H3. The molecule has 2 unspecified atom stereocenters. The van der Waals surface area contributed by atoms with E-state index in [9.17, 15) is 19.2 Å². The minimum absolute atomic E-state index is 0.0866. The summed E-state index contributed by atoms with van der Waals surface area (Å²) in [6.07, 6.45) is -0.173. The van der Waals surface area contributed by atoms with Crippen LogP contribution in [0.4, 0.5) is 0 Å². The average Bonchev–Trinajstić information content (AvgIpc) is 2.83. The summed E-state index contributed by atoms with van der Waals surface area (Å²) >= 11 is 0. The maximum absolute atomic E-state index is 12.2. The number of Topliss-reactive ketones (excluding diaryl/α,β-unsaturated/α-hetero) is 2. The van der Waals surface area contributed by atoms with Crippen molar-refractivity contribution in [1.82, 2.24) is 10.0 Å². The number of ketones is 2. The highest BCUT2D eigenvalue weighted by molar-refractivity contribution is 6.24. The van der Waals surface area contributed by atoms with Crippen molar-refractivity contribution in [2.45, 2.75) is 26.7 Å². The predicted molar refractivity (Wildman–Crippen MR) is 78.0 cm³/mol. The lowest BCUT2D eigenvalue weighted by Crippen LogP contribution is -2.33. The number of hydrazone groups is 2. The Morgan fingerprint density at radius 1 is 0.864 bits per heavy atom. The van der Waals surface area contributed by atoms with Gasteiger partial charge >= 0.3 is 0 Å². The molecule has 0 radical (unpaired) electrons. The Bertz CT molecular complexity index is 568. The molecule has 8 heteroatoms. The van der Waals surface area contributed by atoms with Gasteiger partial charge < -0.3 is 0 Å². The third-order valence-corrected chi connectivity index (χ3v) is 3.84. The molecule has 0 saturated heterocycles. The lowest BCUT2D eigenvalue weighted by Gasteiger charge is -2.11. The number of amides is 2. The summed E-state index contributed by atoms with van der Waals surface area (Å²) in [6, 6.07) is 0. The summed E-state index contributed by atoms with van der Waals surface area (Å²) in [5, 5.41) is 10.1. The first-order chi connectivity index (χ1) is 10.2. The van der Waals surface area contributed by atoms with Gasteiger partial charge in [-0.2, -0.15) is 10.2 Å². The molecule has 2 aliphatic rings. The second kappa shape index (κ2) is 5.78. The van der Waals surface area contributed by atoms with E-state index in [1.807, 2.05) is 0 Å². The molecule has 0 fully saturated rings. The van der Waals surface area contributed by atoms with Crippen LogP contribution in [-0.4, -0.2) is 58.9 Å². The van der Waals surface area contributed by atoms with Gasteiger partial charge in [0.1, 0.15) is 11.8 Å². The number of carbonyl (C=O) groups excluding carboxylic acids is 4. The van der Waals surface area contributed by atoms with Crippen molar-refractivity contribution < 1.29 is 19.2 Å². The van der Waals surface area contributed by atoms with Gasteiger partial charge in [-0.1, -0.05) is 0 Å². The molecule has 2 heterocycles. The van der Waals surface area contributed by atoms with Gasteiger partial charge in [-0.05, 0) is 13.8 Å². The average molecular weight is 306 g/mol. The van der Waals surface area contributed by atoms with Crippen LogP contribution in [0.1, 0.15) is 26.7 Å². The van der Waals surface area contributed by atoms with Crippen LogP contribution in [0.2, 0.25) is 0 Å². The van der Waals surface area contributed by atoms with Crippen molar-refractivity contribution in [2.75, 3.05) is 14.1 Å². The summed E-state index contributed by atoms with van der Waals surface area (Å²) in [4.78, 5) is 48.0. The highest BCUT2D eigenvalue weighted by atomic mass is 16.2. The second-order valence-corrected chi connectivity index (χ2v) is 5.51. The van der Waals surface area contributed by atoms with Crippen LogP contribution in [0.5, 0.6) is 0 Å². The van der Waals surface area contributed by atoms with Gasteiger partial charge in [0.2, 0.25) is 0 Å². The summed E-state index contributed by atoms with van der Waals surface area (Å²) in [7, 11) is 2.97. The monoisotopic (exact) mass is 306 g/mol. The first kappa shape index (κ1) is 16.0. The molecule has 2 amide bonds. The molecular weight excluding hydrogens is 288 g/mol. The molecule has 118 valence electrons. The third kappa shape index (κ3) is 2.68. The molecule has 2 aliphatic heterocycles. The first-order valence-electron chi connectivity index (χ1n) is 6.94. The van der Waals surface area contributed by atoms with Crippen LogP contribution in [0.15, 0.2) is 10.2 Å². The summed E-state index contributed by atoms with van der Waals surface area (Å²) < 4.78 is 0. The molecule has 0 aromatic rings. The number of carbonyl (C=O) groups is 4. The van der Waals surface area contributed by atoms with E-state index in [0.29, 0.717) is 11.4 Å². The van der Waals surface area contributed by atoms with E-state index < -0.39 is 11.8 Å². The van der Waals surface area contributed by atoms with Gasteiger partial charge in [0.15, 0.2) is 11.6 Å². The molecule has 0 saturated carbocycles. The minimum Gasteiger partial charge on any atom is -0.298 e. The van der Waals surface area contributed by atoms with Crippen molar-refractivity contribution in [1.29, 1.82) is 0 Å². The van der Waals surface area contributed by atoms with Crippen LogP contribution in [-0.2, 0) is 19.2 Å². The maximum atomic E-state index is 12.2. The quantitative estimate of drug-likeness (QED) is 0.658. The van der Waals surface area contributed by atoms with E-state index in [2.05, 4.69) is 10.2 Å². The highest BCUT2D eigenvalue weighted by Crippen LogP contribution is 2.20. The van der Waals surface area contributed by atoms with Crippen LogP contribution < -0.4 is 0 Å². The molecule has 22 heavy (non-hydrogen) atoms. The lowest BCUT2D eigenvalue weighted by molar-refractivity contribution is -0.139. The van der Waals surface area contributed by atoms with Gasteiger partial charge in [-0.3, -0.25) is 19.2 Å². The highest BCUT2D eigenvalue weighted by Gasteiger charge is 2.39. The summed E-state index contributed by atoms with van der Waals surface area (Å²) in [5.41, 5.74) is 0.860. The Labute approximate surface area is 127 Å². The molecule has 0 N–H and O–H groups in total.